The van der Waals surface area contributed by atoms with Gasteiger partial charge in [0, 0.05) is 5.92 Å². The highest BCUT2D eigenvalue weighted by Crippen LogP contribution is 2.39. The van der Waals surface area contributed by atoms with Crippen molar-refractivity contribution in [1.29, 1.82) is 0 Å². The summed E-state index contributed by atoms with van der Waals surface area (Å²) in [7, 11) is 0. The van der Waals surface area contributed by atoms with Gasteiger partial charge in [0.15, 0.2) is 5.78 Å². The van der Waals surface area contributed by atoms with Crippen molar-refractivity contribution < 1.29 is 4.79 Å². The van der Waals surface area contributed by atoms with Crippen LogP contribution in [0.15, 0.2) is 30.3 Å². The molecule has 0 aliphatic heterocycles. The molecular formula is C21H30O. The maximum Gasteiger partial charge on any atom is 0.159 e. The van der Waals surface area contributed by atoms with Crippen molar-refractivity contribution in [3.8, 4) is 0 Å². The topological polar surface area (TPSA) is 17.1 Å². The Morgan fingerprint density at radius 2 is 1.82 bits per heavy atom. The largest absolute Gasteiger partial charge is 0.295 e. The quantitative estimate of drug-likeness (QED) is 0.654. The molecule has 0 radical (unpaired) electrons. The summed E-state index contributed by atoms with van der Waals surface area (Å²) in [6, 6.07) is 8.43. The summed E-state index contributed by atoms with van der Waals surface area (Å²) in [5, 5.41) is 0. The number of hydrogen-bond donors (Lipinski definition) is 0. The molecule has 1 fully saturated rings. The van der Waals surface area contributed by atoms with Gasteiger partial charge in [0.2, 0.25) is 0 Å². The van der Waals surface area contributed by atoms with E-state index < -0.39 is 0 Å². The van der Waals surface area contributed by atoms with Crippen molar-refractivity contribution in [2.24, 2.45) is 23.7 Å². The molecule has 0 amide bonds. The molecule has 0 bridgehead atoms. The summed E-state index contributed by atoms with van der Waals surface area (Å²) in [5.74, 6) is 2.37. The first-order valence-electron chi connectivity index (χ1n) is 8.67. The van der Waals surface area contributed by atoms with Crippen LogP contribution in [0.5, 0.6) is 0 Å². The molecule has 120 valence electrons. The zero-order valence-corrected chi connectivity index (χ0v) is 14.7. The minimum Gasteiger partial charge on any atom is -0.295 e. The molecule has 1 aliphatic carbocycles. The van der Waals surface area contributed by atoms with Crippen LogP contribution in [0.2, 0.25) is 0 Å². The minimum absolute atomic E-state index is 0.212. The second-order valence-corrected chi connectivity index (χ2v) is 7.53. The lowest BCUT2D eigenvalue weighted by atomic mass is 9.68. The Bertz CT molecular complexity index is 536. The number of ketones is 1. The fourth-order valence-corrected chi connectivity index (χ4v) is 3.75. The van der Waals surface area contributed by atoms with Crippen molar-refractivity contribution in [1.82, 2.24) is 0 Å². The second kappa shape index (κ2) is 7.26. The molecule has 1 nitrogen and oxygen atoms in total. The standard InChI is InChI=1S/C21H30O/c1-14(2)19-11-8-16(4)12-20(19)21(22)13-17(5)18-9-6-15(3)7-10-18/h6-7,9-10,13-14,16,19-20H,8,11-12H2,1-5H3/b17-13+/t16-,19+,20-/m1/s1. The van der Waals surface area contributed by atoms with Gasteiger partial charge < -0.3 is 0 Å². The molecule has 0 N–H and O–H groups in total. The normalized spacial score (nSPS) is 26.3. The van der Waals surface area contributed by atoms with E-state index in [2.05, 4.69) is 58.9 Å². The first-order chi connectivity index (χ1) is 10.4. The lowest BCUT2D eigenvalue weighted by molar-refractivity contribution is -0.122. The van der Waals surface area contributed by atoms with Gasteiger partial charge in [0.25, 0.3) is 0 Å². The van der Waals surface area contributed by atoms with E-state index in [1.807, 2.05) is 6.08 Å². The maximum atomic E-state index is 12.8. The lowest BCUT2D eigenvalue weighted by Crippen LogP contribution is -2.32. The SMILES string of the molecule is C/C(=C\C(=O)[C@@H]1C[C@H](C)CC[C@H]1C(C)C)c1ccc(C)cc1. The zero-order valence-electron chi connectivity index (χ0n) is 14.7. The number of carbonyl (C=O) groups is 1. The molecular weight excluding hydrogens is 268 g/mol. The van der Waals surface area contributed by atoms with Crippen LogP contribution in [0.25, 0.3) is 5.57 Å². The van der Waals surface area contributed by atoms with E-state index in [9.17, 15) is 4.79 Å². The van der Waals surface area contributed by atoms with Gasteiger partial charge in [-0.25, -0.2) is 0 Å². The number of allylic oxidation sites excluding steroid dienone is 2. The zero-order chi connectivity index (χ0) is 16.3. The van der Waals surface area contributed by atoms with Crippen LogP contribution in [0.1, 0.15) is 58.1 Å². The fraction of sp³-hybridized carbons (Fsp3) is 0.571. The van der Waals surface area contributed by atoms with E-state index in [4.69, 9.17) is 0 Å². The number of benzene rings is 1. The summed E-state index contributed by atoms with van der Waals surface area (Å²) in [6.07, 6.45) is 5.42. The van der Waals surface area contributed by atoms with Gasteiger partial charge in [-0.05, 0) is 61.7 Å². The molecule has 0 aromatic heterocycles. The van der Waals surface area contributed by atoms with Gasteiger partial charge in [-0.1, -0.05) is 57.0 Å². The van der Waals surface area contributed by atoms with Crippen molar-refractivity contribution in [2.45, 2.75) is 53.9 Å². The summed E-state index contributed by atoms with van der Waals surface area (Å²) in [4.78, 5) is 12.8. The highest BCUT2D eigenvalue weighted by molar-refractivity contribution is 5.98. The first kappa shape index (κ1) is 17.0. The number of rotatable bonds is 4. The third kappa shape index (κ3) is 4.09. The molecule has 0 heterocycles. The van der Waals surface area contributed by atoms with Crippen molar-refractivity contribution >= 4 is 11.4 Å². The Hall–Kier alpha value is -1.37. The molecule has 1 aliphatic rings. The Kier molecular flexibility index (Phi) is 5.61. The van der Waals surface area contributed by atoms with Crippen LogP contribution in [-0.4, -0.2) is 5.78 Å². The van der Waals surface area contributed by atoms with Crippen molar-refractivity contribution in [2.75, 3.05) is 0 Å². The molecule has 1 aromatic rings. The number of hydrogen-bond acceptors (Lipinski definition) is 1. The molecule has 0 unspecified atom stereocenters. The predicted octanol–water partition coefficient (Wildman–Crippen LogP) is 5.68. The number of carbonyl (C=O) groups excluding carboxylic acids is 1. The van der Waals surface area contributed by atoms with Crippen LogP contribution in [0, 0.1) is 30.6 Å². The van der Waals surface area contributed by atoms with Gasteiger partial charge in [0.1, 0.15) is 0 Å². The highest BCUT2D eigenvalue weighted by atomic mass is 16.1. The third-order valence-corrected chi connectivity index (χ3v) is 5.25. The Labute approximate surface area is 135 Å². The van der Waals surface area contributed by atoms with E-state index in [1.165, 1.54) is 18.4 Å². The molecule has 3 atom stereocenters. The summed E-state index contributed by atoms with van der Waals surface area (Å²) >= 11 is 0. The second-order valence-electron chi connectivity index (χ2n) is 7.53. The maximum absolute atomic E-state index is 12.8. The van der Waals surface area contributed by atoms with Gasteiger partial charge in [0.05, 0.1) is 0 Å². The van der Waals surface area contributed by atoms with Gasteiger partial charge in [-0.2, -0.15) is 0 Å². The van der Waals surface area contributed by atoms with Crippen molar-refractivity contribution in [3.05, 3.63) is 41.5 Å². The minimum atomic E-state index is 0.212. The molecule has 1 aromatic carbocycles. The van der Waals surface area contributed by atoms with Gasteiger partial charge in [-0.3, -0.25) is 4.79 Å². The Morgan fingerprint density at radius 1 is 1.18 bits per heavy atom. The molecule has 1 heteroatoms. The molecule has 0 saturated heterocycles. The Balaban J connectivity index is 2.17. The number of aryl methyl sites for hydroxylation is 1. The van der Waals surface area contributed by atoms with E-state index in [-0.39, 0.29) is 5.92 Å². The summed E-state index contributed by atoms with van der Waals surface area (Å²) in [6.45, 7) is 11.0. The molecule has 1 saturated carbocycles. The van der Waals surface area contributed by atoms with Crippen LogP contribution in [0.4, 0.5) is 0 Å². The molecule has 2 rings (SSSR count). The first-order valence-corrected chi connectivity index (χ1v) is 8.67. The van der Waals surface area contributed by atoms with Gasteiger partial charge >= 0.3 is 0 Å². The van der Waals surface area contributed by atoms with Gasteiger partial charge in [-0.15, -0.1) is 0 Å². The van der Waals surface area contributed by atoms with E-state index >= 15 is 0 Å². The highest BCUT2D eigenvalue weighted by Gasteiger charge is 2.34. The monoisotopic (exact) mass is 298 g/mol. The van der Waals surface area contributed by atoms with E-state index in [1.54, 1.807) is 0 Å². The fourth-order valence-electron chi connectivity index (χ4n) is 3.75. The Morgan fingerprint density at radius 3 is 2.41 bits per heavy atom. The van der Waals surface area contributed by atoms with Crippen LogP contribution in [0.3, 0.4) is 0 Å². The van der Waals surface area contributed by atoms with Crippen molar-refractivity contribution in [3.63, 3.8) is 0 Å². The molecule has 0 spiro atoms. The van der Waals surface area contributed by atoms with E-state index in [0.717, 1.165) is 17.6 Å². The lowest BCUT2D eigenvalue weighted by Gasteiger charge is -2.36. The summed E-state index contributed by atoms with van der Waals surface area (Å²) in [5.41, 5.74) is 3.50. The third-order valence-electron chi connectivity index (χ3n) is 5.25. The average Bonchev–Trinajstić information content (AvgIpc) is 2.47. The smallest absolute Gasteiger partial charge is 0.159 e. The van der Waals surface area contributed by atoms with Crippen LogP contribution >= 0.6 is 0 Å². The molecule has 22 heavy (non-hydrogen) atoms. The van der Waals surface area contributed by atoms with E-state index in [0.29, 0.717) is 23.5 Å². The van der Waals surface area contributed by atoms with Crippen LogP contribution in [-0.2, 0) is 4.79 Å². The predicted molar refractivity (Wildman–Crippen MR) is 94.7 cm³/mol. The summed E-state index contributed by atoms with van der Waals surface area (Å²) < 4.78 is 0. The average molecular weight is 298 g/mol. The van der Waals surface area contributed by atoms with Crippen LogP contribution < -0.4 is 0 Å².